The van der Waals surface area contributed by atoms with Gasteiger partial charge < -0.3 is 9.73 Å². The van der Waals surface area contributed by atoms with Gasteiger partial charge in [0.25, 0.3) is 0 Å². The van der Waals surface area contributed by atoms with Gasteiger partial charge >= 0.3 is 0 Å². The van der Waals surface area contributed by atoms with Crippen LogP contribution in [0.3, 0.4) is 0 Å². The van der Waals surface area contributed by atoms with Gasteiger partial charge in [-0.05, 0) is 57.4 Å². The summed E-state index contributed by atoms with van der Waals surface area (Å²) >= 11 is 0. The lowest BCUT2D eigenvalue weighted by molar-refractivity contribution is 0.670. The summed E-state index contributed by atoms with van der Waals surface area (Å²) in [7, 11) is 0. The van der Waals surface area contributed by atoms with Gasteiger partial charge in [-0.15, -0.1) is 0 Å². The molecule has 1 N–H and O–H groups in total. The largest absolute Gasteiger partial charge is 0.455 e. The van der Waals surface area contributed by atoms with Crippen LogP contribution in [0.1, 0.15) is 0 Å². The molecule has 6 aromatic carbocycles. The molecule has 0 unspecified atom stereocenters. The molecule has 0 aliphatic rings. The fourth-order valence-electron chi connectivity index (χ4n) is 5.10. The number of para-hydroxylation sites is 2. The van der Waals surface area contributed by atoms with E-state index >= 15 is 0 Å². The van der Waals surface area contributed by atoms with Crippen molar-refractivity contribution in [2.45, 2.75) is 0 Å². The Hall–Kier alpha value is -4.56. The number of rotatable bonds is 3. The maximum absolute atomic E-state index is 6.51. The van der Waals surface area contributed by atoms with Gasteiger partial charge in [0.2, 0.25) is 0 Å². The SMILES string of the molecule is c1ccc(Nc2ccc(-c3cccc4c3ccc3ccccc34)c3oc4ccccc4c23)cc1. The zero-order chi connectivity index (χ0) is 22.5. The first kappa shape index (κ1) is 19.0. The minimum Gasteiger partial charge on any atom is -0.455 e. The van der Waals surface area contributed by atoms with E-state index in [0.717, 1.165) is 38.9 Å². The molecule has 0 fully saturated rings. The number of hydrogen-bond donors (Lipinski definition) is 1. The molecule has 0 amide bonds. The van der Waals surface area contributed by atoms with Gasteiger partial charge in [0.05, 0.1) is 11.1 Å². The second-order valence-electron chi connectivity index (χ2n) is 8.64. The highest BCUT2D eigenvalue weighted by Gasteiger charge is 2.18. The lowest BCUT2D eigenvalue weighted by Crippen LogP contribution is -1.92. The molecule has 160 valence electrons. The molecule has 0 saturated carbocycles. The van der Waals surface area contributed by atoms with Crippen molar-refractivity contribution in [3.8, 4) is 11.1 Å². The summed E-state index contributed by atoms with van der Waals surface area (Å²) in [4.78, 5) is 0. The predicted octanol–water partition coefficient (Wildman–Crippen LogP) is 9.30. The maximum atomic E-state index is 6.51. The topological polar surface area (TPSA) is 25.2 Å². The molecule has 2 nitrogen and oxygen atoms in total. The van der Waals surface area contributed by atoms with E-state index in [1.165, 1.54) is 27.1 Å². The molecule has 34 heavy (non-hydrogen) atoms. The summed E-state index contributed by atoms with van der Waals surface area (Å²) in [6, 6.07) is 42.5. The van der Waals surface area contributed by atoms with Crippen LogP contribution in [0, 0.1) is 0 Å². The van der Waals surface area contributed by atoms with Crippen LogP contribution >= 0.6 is 0 Å². The van der Waals surface area contributed by atoms with Crippen molar-refractivity contribution in [1.82, 2.24) is 0 Å². The summed E-state index contributed by atoms with van der Waals surface area (Å²) < 4.78 is 6.51. The molecule has 0 aliphatic carbocycles. The highest BCUT2D eigenvalue weighted by atomic mass is 16.3. The molecular weight excluding hydrogens is 414 g/mol. The summed E-state index contributed by atoms with van der Waals surface area (Å²) in [5, 5.41) is 10.8. The molecule has 0 spiro atoms. The smallest absolute Gasteiger partial charge is 0.145 e. The van der Waals surface area contributed by atoms with Crippen molar-refractivity contribution < 1.29 is 4.42 Å². The van der Waals surface area contributed by atoms with Gasteiger partial charge in [0.1, 0.15) is 11.2 Å². The zero-order valence-corrected chi connectivity index (χ0v) is 18.5. The second kappa shape index (κ2) is 7.50. The Balaban J connectivity index is 1.53. The highest BCUT2D eigenvalue weighted by Crippen LogP contribution is 2.43. The van der Waals surface area contributed by atoms with Crippen LogP contribution in [-0.4, -0.2) is 0 Å². The normalized spacial score (nSPS) is 11.5. The van der Waals surface area contributed by atoms with Crippen molar-refractivity contribution in [1.29, 1.82) is 0 Å². The Morgan fingerprint density at radius 1 is 0.471 bits per heavy atom. The molecule has 7 rings (SSSR count). The molecule has 1 heterocycles. The van der Waals surface area contributed by atoms with E-state index in [-0.39, 0.29) is 0 Å². The lowest BCUT2D eigenvalue weighted by Gasteiger charge is -2.13. The zero-order valence-electron chi connectivity index (χ0n) is 18.5. The van der Waals surface area contributed by atoms with E-state index in [9.17, 15) is 0 Å². The molecule has 0 saturated heterocycles. The predicted molar refractivity (Wildman–Crippen MR) is 144 cm³/mol. The Bertz CT molecular complexity index is 1830. The van der Waals surface area contributed by atoms with Crippen molar-refractivity contribution in [2.75, 3.05) is 5.32 Å². The Kier molecular flexibility index (Phi) is 4.18. The summed E-state index contributed by atoms with van der Waals surface area (Å²) in [5.74, 6) is 0. The van der Waals surface area contributed by atoms with E-state index in [1.54, 1.807) is 0 Å². The van der Waals surface area contributed by atoms with E-state index in [4.69, 9.17) is 4.42 Å². The molecule has 1 aromatic heterocycles. The van der Waals surface area contributed by atoms with E-state index in [1.807, 2.05) is 30.3 Å². The molecule has 0 bridgehead atoms. The minimum absolute atomic E-state index is 0.895. The summed E-state index contributed by atoms with van der Waals surface area (Å²) in [6.45, 7) is 0. The second-order valence-corrected chi connectivity index (χ2v) is 8.64. The van der Waals surface area contributed by atoms with Gasteiger partial charge in [-0.25, -0.2) is 0 Å². The van der Waals surface area contributed by atoms with E-state index in [2.05, 4.69) is 96.3 Å². The van der Waals surface area contributed by atoms with Crippen LogP contribution in [0.2, 0.25) is 0 Å². The first-order chi connectivity index (χ1) is 16.9. The summed E-state index contributed by atoms with van der Waals surface area (Å²) in [6.07, 6.45) is 0. The van der Waals surface area contributed by atoms with E-state index in [0.29, 0.717) is 0 Å². The average molecular weight is 436 g/mol. The molecule has 0 atom stereocenters. The molecule has 7 aromatic rings. The number of furan rings is 1. The molecule has 2 heteroatoms. The first-order valence-electron chi connectivity index (χ1n) is 11.5. The van der Waals surface area contributed by atoms with Crippen molar-refractivity contribution in [2.24, 2.45) is 0 Å². The number of fused-ring (bicyclic) bond motifs is 6. The summed E-state index contributed by atoms with van der Waals surface area (Å²) in [5.41, 5.74) is 6.18. The number of hydrogen-bond acceptors (Lipinski definition) is 2. The van der Waals surface area contributed by atoms with Gasteiger partial charge in [-0.3, -0.25) is 0 Å². The number of benzene rings is 6. The average Bonchev–Trinajstić information content (AvgIpc) is 3.29. The van der Waals surface area contributed by atoms with Crippen LogP contribution in [0.5, 0.6) is 0 Å². The molecule has 0 aliphatic heterocycles. The third-order valence-electron chi connectivity index (χ3n) is 6.66. The van der Waals surface area contributed by atoms with Gasteiger partial charge in [-0.2, -0.15) is 0 Å². The van der Waals surface area contributed by atoms with Gasteiger partial charge in [0, 0.05) is 16.6 Å². The quantitative estimate of drug-likeness (QED) is 0.280. The van der Waals surface area contributed by atoms with Gasteiger partial charge in [-0.1, -0.05) is 91.0 Å². The van der Waals surface area contributed by atoms with Gasteiger partial charge in [0.15, 0.2) is 0 Å². The van der Waals surface area contributed by atoms with Crippen LogP contribution in [0.4, 0.5) is 11.4 Å². The fourth-order valence-corrected chi connectivity index (χ4v) is 5.10. The fraction of sp³-hybridized carbons (Fsp3) is 0. The number of nitrogens with one attached hydrogen (secondary N) is 1. The highest BCUT2D eigenvalue weighted by molar-refractivity contribution is 6.19. The lowest BCUT2D eigenvalue weighted by atomic mass is 9.93. The molecule has 0 radical (unpaired) electrons. The Morgan fingerprint density at radius 2 is 1.24 bits per heavy atom. The Labute approximate surface area is 197 Å². The van der Waals surface area contributed by atoms with E-state index < -0.39 is 0 Å². The van der Waals surface area contributed by atoms with Crippen molar-refractivity contribution >= 4 is 54.9 Å². The Morgan fingerprint density at radius 3 is 2.15 bits per heavy atom. The third-order valence-corrected chi connectivity index (χ3v) is 6.66. The number of anilines is 2. The maximum Gasteiger partial charge on any atom is 0.145 e. The van der Waals surface area contributed by atoms with Crippen molar-refractivity contribution in [3.63, 3.8) is 0 Å². The molecular formula is C32H21NO. The van der Waals surface area contributed by atoms with Crippen molar-refractivity contribution in [3.05, 3.63) is 121 Å². The minimum atomic E-state index is 0.895. The first-order valence-corrected chi connectivity index (χ1v) is 11.5. The van der Waals surface area contributed by atoms with Crippen LogP contribution in [0.15, 0.2) is 126 Å². The van der Waals surface area contributed by atoms with Crippen LogP contribution in [-0.2, 0) is 0 Å². The third kappa shape index (κ3) is 2.89. The monoisotopic (exact) mass is 435 g/mol. The van der Waals surface area contributed by atoms with Crippen LogP contribution in [0.25, 0.3) is 54.6 Å². The standard InChI is InChI=1S/C32H21NO/c1-2-10-22(11-3-1)33-29-20-19-27(32-31(29)28-13-6-7-16-30(28)34-32)25-15-8-14-24-23-12-5-4-9-21(23)17-18-26(24)25/h1-20,33H. The van der Waals surface area contributed by atoms with Crippen LogP contribution < -0.4 is 5.32 Å².